The molecule has 0 bridgehead atoms. The van der Waals surface area contributed by atoms with Crippen molar-refractivity contribution in [3.63, 3.8) is 0 Å². The maximum absolute atomic E-state index is 13.9. The lowest BCUT2D eigenvalue weighted by Gasteiger charge is -2.21. The van der Waals surface area contributed by atoms with Crippen molar-refractivity contribution in [1.82, 2.24) is 20.0 Å². The SMILES string of the molecule is COCCc1noc([C@@H]2CC(F)(F)CN2C(=O)Cc2cccnc2)n1. The second-order valence-corrected chi connectivity index (χ2v) is 5.93. The molecule has 7 nitrogen and oxygen atoms in total. The second kappa shape index (κ2) is 7.22. The van der Waals surface area contributed by atoms with Gasteiger partial charge in [-0.15, -0.1) is 0 Å². The third-order valence-electron chi connectivity index (χ3n) is 3.97. The summed E-state index contributed by atoms with van der Waals surface area (Å²) in [7, 11) is 1.54. The summed E-state index contributed by atoms with van der Waals surface area (Å²) in [6.45, 7) is -0.268. The number of carbonyl (C=O) groups is 1. The molecule has 0 spiro atoms. The van der Waals surface area contributed by atoms with Crippen LogP contribution in [0.3, 0.4) is 0 Å². The summed E-state index contributed by atoms with van der Waals surface area (Å²) in [5.41, 5.74) is 0.660. The summed E-state index contributed by atoms with van der Waals surface area (Å²) >= 11 is 0. The fraction of sp³-hybridized carbons (Fsp3) is 0.500. The highest BCUT2D eigenvalue weighted by atomic mass is 19.3. The van der Waals surface area contributed by atoms with Crippen molar-refractivity contribution in [2.45, 2.75) is 31.2 Å². The number of alkyl halides is 2. The minimum Gasteiger partial charge on any atom is -0.384 e. The minimum absolute atomic E-state index is 0.00884. The van der Waals surface area contributed by atoms with Gasteiger partial charge in [0.2, 0.25) is 11.8 Å². The van der Waals surface area contributed by atoms with E-state index in [1.165, 1.54) is 13.3 Å². The summed E-state index contributed by atoms with van der Waals surface area (Å²) in [5, 5.41) is 3.76. The Balaban J connectivity index is 1.76. The maximum Gasteiger partial charge on any atom is 0.267 e. The van der Waals surface area contributed by atoms with Crippen molar-refractivity contribution in [2.75, 3.05) is 20.3 Å². The number of methoxy groups -OCH3 is 1. The number of aromatic nitrogens is 3. The van der Waals surface area contributed by atoms with Gasteiger partial charge in [-0.2, -0.15) is 4.98 Å². The Hall–Kier alpha value is -2.42. The van der Waals surface area contributed by atoms with Gasteiger partial charge in [0.1, 0.15) is 6.04 Å². The van der Waals surface area contributed by atoms with Crippen molar-refractivity contribution in [3.05, 3.63) is 41.8 Å². The number of ether oxygens (including phenoxy) is 1. The summed E-state index contributed by atoms with van der Waals surface area (Å²) in [6.07, 6.45) is 2.99. The molecule has 1 fully saturated rings. The van der Waals surface area contributed by atoms with E-state index in [1.807, 2.05) is 0 Å². The fourth-order valence-electron chi connectivity index (χ4n) is 2.78. The predicted octanol–water partition coefficient (Wildman–Crippen LogP) is 1.80. The van der Waals surface area contributed by atoms with E-state index >= 15 is 0 Å². The van der Waals surface area contributed by atoms with E-state index in [2.05, 4.69) is 15.1 Å². The number of nitrogens with zero attached hydrogens (tertiary/aromatic N) is 4. The van der Waals surface area contributed by atoms with E-state index in [1.54, 1.807) is 18.3 Å². The predicted molar refractivity (Wildman–Crippen MR) is 81.8 cm³/mol. The van der Waals surface area contributed by atoms with Gasteiger partial charge in [0.15, 0.2) is 5.82 Å². The quantitative estimate of drug-likeness (QED) is 0.789. The van der Waals surface area contributed by atoms with Gasteiger partial charge in [0.25, 0.3) is 5.92 Å². The number of halogens is 2. The molecule has 1 atom stereocenters. The Morgan fingerprint density at radius 2 is 2.36 bits per heavy atom. The molecule has 0 N–H and O–H groups in total. The lowest BCUT2D eigenvalue weighted by molar-refractivity contribution is -0.133. The monoisotopic (exact) mass is 352 g/mol. The second-order valence-electron chi connectivity index (χ2n) is 5.93. The van der Waals surface area contributed by atoms with Crippen LogP contribution in [0.1, 0.15) is 29.7 Å². The number of carbonyl (C=O) groups excluding carboxylic acids is 1. The molecule has 134 valence electrons. The molecule has 0 radical (unpaired) electrons. The first-order chi connectivity index (χ1) is 12.0. The van der Waals surface area contributed by atoms with Gasteiger partial charge in [-0.1, -0.05) is 11.2 Å². The Morgan fingerprint density at radius 1 is 1.52 bits per heavy atom. The molecule has 0 aliphatic carbocycles. The van der Waals surface area contributed by atoms with Crippen LogP contribution in [-0.2, 0) is 22.4 Å². The highest BCUT2D eigenvalue weighted by Crippen LogP contribution is 2.40. The van der Waals surface area contributed by atoms with Crippen LogP contribution >= 0.6 is 0 Å². The zero-order valence-electron chi connectivity index (χ0n) is 13.7. The third-order valence-corrected chi connectivity index (χ3v) is 3.97. The number of likely N-dealkylation sites (tertiary alicyclic amines) is 1. The molecule has 9 heteroatoms. The Labute approximate surface area is 143 Å². The topological polar surface area (TPSA) is 81.4 Å². The van der Waals surface area contributed by atoms with Gasteiger partial charge in [-0.3, -0.25) is 9.78 Å². The molecular weight excluding hydrogens is 334 g/mol. The van der Waals surface area contributed by atoms with E-state index in [9.17, 15) is 13.6 Å². The summed E-state index contributed by atoms with van der Waals surface area (Å²) < 4.78 is 37.9. The van der Waals surface area contributed by atoms with Gasteiger partial charge in [0, 0.05) is 32.3 Å². The molecule has 1 saturated heterocycles. The number of amides is 1. The van der Waals surface area contributed by atoms with Crippen molar-refractivity contribution in [1.29, 1.82) is 0 Å². The summed E-state index contributed by atoms with van der Waals surface area (Å²) in [6, 6.07) is 2.49. The van der Waals surface area contributed by atoms with Gasteiger partial charge < -0.3 is 14.2 Å². The van der Waals surface area contributed by atoms with E-state index in [-0.39, 0.29) is 12.3 Å². The lowest BCUT2D eigenvalue weighted by Crippen LogP contribution is -2.34. The molecular formula is C16H18F2N4O3. The van der Waals surface area contributed by atoms with E-state index < -0.39 is 30.8 Å². The van der Waals surface area contributed by atoms with Crippen LogP contribution in [0.4, 0.5) is 8.78 Å². The molecule has 3 heterocycles. The fourth-order valence-corrected chi connectivity index (χ4v) is 2.78. The smallest absolute Gasteiger partial charge is 0.267 e. The van der Waals surface area contributed by atoms with Crippen LogP contribution in [0.2, 0.25) is 0 Å². The van der Waals surface area contributed by atoms with Gasteiger partial charge in [-0.05, 0) is 11.6 Å². The standard InChI is InChI=1S/C16H18F2N4O3/c1-24-6-4-13-20-15(25-21-13)12-8-16(17,18)10-22(12)14(23)7-11-3-2-5-19-9-11/h2-3,5,9,12H,4,6-8,10H2,1H3/t12-/m0/s1. The number of hydrogen-bond donors (Lipinski definition) is 0. The largest absolute Gasteiger partial charge is 0.384 e. The highest BCUT2D eigenvalue weighted by molar-refractivity contribution is 5.79. The van der Waals surface area contributed by atoms with Crippen molar-refractivity contribution >= 4 is 5.91 Å². The Kier molecular flexibility index (Phi) is 5.03. The maximum atomic E-state index is 13.9. The zero-order valence-corrected chi connectivity index (χ0v) is 13.7. The van der Waals surface area contributed by atoms with Crippen molar-refractivity contribution < 1.29 is 22.8 Å². The highest BCUT2D eigenvalue weighted by Gasteiger charge is 2.49. The molecule has 1 aliphatic rings. The van der Waals surface area contributed by atoms with Gasteiger partial charge in [-0.25, -0.2) is 8.78 Å². The average molecular weight is 352 g/mol. The molecule has 2 aromatic rings. The first kappa shape index (κ1) is 17.4. The number of hydrogen-bond acceptors (Lipinski definition) is 6. The minimum atomic E-state index is -2.99. The van der Waals surface area contributed by atoms with E-state index in [4.69, 9.17) is 9.26 Å². The van der Waals surface area contributed by atoms with E-state index in [0.717, 1.165) is 4.90 Å². The molecule has 0 unspecified atom stereocenters. The van der Waals surface area contributed by atoms with Crippen LogP contribution in [-0.4, -0.2) is 52.1 Å². The van der Waals surface area contributed by atoms with E-state index in [0.29, 0.717) is 24.4 Å². The normalized spacial score (nSPS) is 19.3. The molecule has 1 amide bonds. The van der Waals surface area contributed by atoms with Gasteiger partial charge in [0.05, 0.1) is 19.6 Å². The summed E-state index contributed by atoms with van der Waals surface area (Å²) in [5.74, 6) is -3.02. The Morgan fingerprint density at radius 3 is 3.08 bits per heavy atom. The average Bonchev–Trinajstić information content (AvgIpc) is 3.17. The van der Waals surface area contributed by atoms with Crippen LogP contribution in [0, 0.1) is 0 Å². The first-order valence-corrected chi connectivity index (χ1v) is 7.86. The third kappa shape index (κ3) is 4.16. The Bertz CT molecular complexity index is 723. The molecule has 0 aromatic carbocycles. The van der Waals surface area contributed by atoms with Gasteiger partial charge >= 0.3 is 0 Å². The molecule has 2 aromatic heterocycles. The van der Waals surface area contributed by atoms with Crippen LogP contribution in [0.15, 0.2) is 29.0 Å². The first-order valence-electron chi connectivity index (χ1n) is 7.86. The molecule has 3 rings (SSSR count). The van der Waals surface area contributed by atoms with Crippen LogP contribution in [0.5, 0.6) is 0 Å². The molecule has 25 heavy (non-hydrogen) atoms. The molecule has 0 saturated carbocycles. The zero-order chi connectivity index (χ0) is 17.9. The van der Waals surface area contributed by atoms with Crippen molar-refractivity contribution in [3.8, 4) is 0 Å². The van der Waals surface area contributed by atoms with Crippen molar-refractivity contribution in [2.24, 2.45) is 0 Å². The number of rotatable bonds is 6. The lowest BCUT2D eigenvalue weighted by atomic mass is 10.1. The van der Waals surface area contributed by atoms with Crippen LogP contribution in [0.25, 0.3) is 0 Å². The number of pyridine rings is 1. The summed E-state index contributed by atoms with van der Waals surface area (Å²) in [4.78, 5) is 21.7. The van der Waals surface area contributed by atoms with Crippen LogP contribution < -0.4 is 0 Å². The molecule has 1 aliphatic heterocycles.